The van der Waals surface area contributed by atoms with Crippen LogP contribution in [0.5, 0.6) is 0 Å². The molecular weight excluding hydrogens is 282 g/mol. The topological polar surface area (TPSA) is 81.5 Å². The highest BCUT2D eigenvalue weighted by molar-refractivity contribution is 7.88. The number of esters is 1. The quantitative estimate of drug-likeness (QED) is 0.740. The lowest BCUT2D eigenvalue weighted by atomic mass is 10.1. The predicted octanol–water partition coefficient (Wildman–Crippen LogP) is 0.152. The van der Waals surface area contributed by atoms with Crippen LogP contribution in [-0.4, -0.2) is 47.7 Å². The van der Waals surface area contributed by atoms with E-state index >= 15 is 0 Å². The fourth-order valence-electron chi connectivity index (χ4n) is 2.46. The number of ether oxygens (including phenoxy) is 1. The summed E-state index contributed by atoms with van der Waals surface area (Å²) in [6.07, 6.45) is 4.00. The number of carbonyl (C=O) groups excluding carboxylic acids is 1. The lowest BCUT2D eigenvalue weighted by molar-refractivity contribution is -0.145. The second-order valence-electron chi connectivity index (χ2n) is 4.88. The van der Waals surface area contributed by atoms with Gasteiger partial charge in [0.2, 0.25) is 10.0 Å². The van der Waals surface area contributed by atoms with Crippen molar-refractivity contribution in [3.63, 3.8) is 0 Å². The van der Waals surface area contributed by atoms with Crippen LogP contribution in [0.4, 0.5) is 0 Å². The zero-order valence-corrected chi connectivity index (χ0v) is 12.7. The Morgan fingerprint density at radius 1 is 1.55 bits per heavy atom. The summed E-state index contributed by atoms with van der Waals surface area (Å²) < 4.78 is 31.7. The summed E-state index contributed by atoms with van der Waals surface area (Å²) in [4.78, 5) is 16.1. The fraction of sp³-hybridized carbons (Fsp3) is 0.667. The van der Waals surface area contributed by atoms with Crippen molar-refractivity contribution in [3.8, 4) is 0 Å². The molecule has 1 aromatic heterocycles. The molecule has 2 heterocycles. The number of carbonyl (C=O) groups is 1. The zero-order chi connectivity index (χ0) is 14.9. The van der Waals surface area contributed by atoms with E-state index in [0.29, 0.717) is 0 Å². The number of imidazole rings is 1. The first kappa shape index (κ1) is 15.0. The molecule has 0 saturated heterocycles. The van der Waals surface area contributed by atoms with E-state index in [2.05, 4.69) is 4.98 Å². The Morgan fingerprint density at radius 2 is 2.25 bits per heavy atom. The molecule has 112 valence electrons. The first-order valence-electron chi connectivity index (χ1n) is 6.46. The van der Waals surface area contributed by atoms with E-state index in [-0.39, 0.29) is 13.0 Å². The monoisotopic (exact) mass is 301 g/mol. The standard InChI is InChI=1S/C12H19N3O4S/c1-4-5-14-8-13-9-6-10(12(16)19-2)15(7-11(9)14)20(3,17)18/h8,10H,4-7H2,1-3H3. The summed E-state index contributed by atoms with van der Waals surface area (Å²) in [5.74, 6) is -0.550. The van der Waals surface area contributed by atoms with Gasteiger partial charge in [0, 0.05) is 13.0 Å². The summed E-state index contributed by atoms with van der Waals surface area (Å²) in [5.41, 5.74) is 1.63. The van der Waals surface area contributed by atoms with Crippen LogP contribution in [0.25, 0.3) is 0 Å². The maximum absolute atomic E-state index is 11.9. The molecule has 0 aromatic carbocycles. The first-order chi connectivity index (χ1) is 9.38. The first-order valence-corrected chi connectivity index (χ1v) is 8.30. The van der Waals surface area contributed by atoms with E-state index in [0.717, 1.165) is 30.6 Å². The molecule has 8 heteroatoms. The number of sulfonamides is 1. The van der Waals surface area contributed by atoms with Crippen molar-refractivity contribution < 1.29 is 17.9 Å². The molecule has 1 unspecified atom stereocenters. The minimum Gasteiger partial charge on any atom is -0.468 e. The van der Waals surface area contributed by atoms with Crippen molar-refractivity contribution >= 4 is 16.0 Å². The second-order valence-corrected chi connectivity index (χ2v) is 6.82. The van der Waals surface area contributed by atoms with Gasteiger partial charge in [-0.15, -0.1) is 0 Å². The molecule has 0 radical (unpaired) electrons. The van der Waals surface area contributed by atoms with Gasteiger partial charge in [-0.05, 0) is 6.42 Å². The Morgan fingerprint density at radius 3 is 2.80 bits per heavy atom. The van der Waals surface area contributed by atoms with Gasteiger partial charge in [-0.1, -0.05) is 6.92 Å². The molecule has 0 spiro atoms. The van der Waals surface area contributed by atoms with Crippen molar-refractivity contribution in [2.24, 2.45) is 0 Å². The summed E-state index contributed by atoms with van der Waals surface area (Å²) in [7, 11) is -2.23. The smallest absolute Gasteiger partial charge is 0.324 e. The number of aromatic nitrogens is 2. The van der Waals surface area contributed by atoms with E-state index in [1.807, 2.05) is 11.5 Å². The molecule has 0 amide bonds. The molecule has 1 aromatic rings. The molecule has 1 atom stereocenters. The highest BCUT2D eigenvalue weighted by atomic mass is 32.2. The molecule has 0 saturated carbocycles. The molecule has 0 bridgehead atoms. The average molecular weight is 301 g/mol. The molecule has 0 fully saturated rings. The van der Waals surface area contributed by atoms with Gasteiger partial charge in [-0.3, -0.25) is 4.79 Å². The van der Waals surface area contributed by atoms with E-state index < -0.39 is 22.0 Å². The normalized spacial score (nSPS) is 19.6. The number of rotatable bonds is 4. The number of hydrogen-bond acceptors (Lipinski definition) is 5. The van der Waals surface area contributed by atoms with Crippen molar-refractivity contribution in [3.05, 3.63) is 17.7 Å². The lowest BCUT2D eigenvalue weighted by Gasteiger charge is -2.31. The van der Waals surface area contributed by atoms with Gasteiger partial charge in [0.15, 0.2) is 0 Å². The van der Waals surface area contributed by atoms with Crippen LogP contribution < -0.4 is 0 Å². The largest absolute Gasteiger partial charge is 0.468 e. The number of nitrogens with zero attached hydrogens (tertiary/aromatic N) is 3. The molecule has 0 N–H and O–H groups in total. The second kappa shape index (κ2) is 5.53. The van der Waals surface area contributed by atoms with Crippen molar-refractivity contribution in [2.45, 2.75) is 38.9 Å². The van der Waals surface area contributed by atoms with Crippen LogP contribution in [0.1, 0.15) is 24.7 Å². The fourth-order valence-corrected chi connectivity index (χ4v) is 3.44. The van der Waals surface area contributed by atoms with Crippen LogP contribution in [0.15, 0.2) is 6.33 Å². The molecule has 1 aliphatic rings. The number of aryl methyl sites for hydroxylation is 1. The molecule has 20 heavy (non-hydrogen) atoms. The average Bonchev–Trinajstić information content (AvgIpc) is 2.78. The van der Waals surface area contributed by atoms with Crippen LogP contribution in [-0.2, 0) is 39.1 Å². The molecular formula is C12H19N3O4S. The Bertz CT molecular complexity index is 608. The highest BCUT2D eigenvalue weighted by Crippen LogP contribution is 2.25. The van der Waals surface area contributed by atoms with Crippen LogP contribution in [0.2, 0.25) is 0 Å². The minimum atomic E-state index is -3.49. The summed E-state index contributed by atoms with van der Waals surface area (Å²) in [5, 5.41) is 0. The van der Waals surface area contributed by atoms with E-state index in [4.69, 9.17) is 4.74 Å². The number of fused-ring (bicyclic) bond motifs is 1. The van der Waals surface area contributed by atoms with Crippen LogP contribution in [0.3, 0.4) is 0 Å². The summed E-state index contributed by atoms with van der Waals surface area (Å²) in [6, 6.07) is -0.826. The Labute approximate surface area is 118 Å². The van der Waals surface area contributed by atoms with Gasteiger partial charge < -0.3 is 9.30 Å². The third-order valence-corrected chi connectivity index (χ3v) is 4.67. The zero-order valence-electron chi connectivity index (χ0n) is 11.9. The summed E-state index contributed by atoms with van der Waals surface area (Å²) in [6.45, 7) is 2.98. The maximum atomic E-state index is 11.9. The Hall–Kier alpha value is -1.41. The molecule has 1 aliphatic heterocycles. The SMILES string of the molecule is CCCn1cnc2c1CN(S(C)(=O)=O)C(C(=O)OC)C2. The number of methoxy groups -OCH3 is 1. The van der Waals surface area contributed by atoms with Gasteiger partial charge >= 0.3 is 5.97 Å². The van der Waals surface area contributed by atoms with Crippen LogP contribution >= 0.6 is 0 Å². The van der Waals surface area contributed by atoms with Crippen molar-refractivity contribution in [1.29, 1.82) is 0 Å². The molecule has 0 aliphatic carbocycles. The molecule has 7 nitrogen and oxygen atoms in total. The summed E-state index contributed by atoms with van der Waals surface area (Å²) >= 11 is 0. The van der Waals surface area contributed by atoms with E-state index in [1.54, 1.807) is 6.33 Å². The Balaban J connectivity index is 2.40. The van der Waals surface area contributed by atoms with Gasteiger partial charge in [0.1, 0.15) is 6.04 Å². The minimum absolute atomic E-state index is 0.161. The van der Waals surface area contributed by atoms with Gasteiger partial charge in [0.25, 0.3) is 0 Å². The van der Waals surface area contributed by atoms with Crippen molar-refractivity contribution in [1.82, 2.24) is 13.9 Å². The number of hydrogen-bond donors (Lipinski definition) is 0. The van der Waals surface area contributed by atoms with Gasteiger partial charge in [-0.2, -0.15) is 4.31 Å². The van der Waals surface area contributed by atoms with Gasteiger partial charge in [-0.25, -0.2) is 13.4 Å². The lowest BCUT2D eigenvalue weighted by Crippen LogP contribution is -2.49. The predicted molar refractivity (Wildman–Crippen MR) is 72.4 cm³/mol. The van der Waals surface area contributed by atoms with Crippen molar-refractivity contribution in [2.75, 3.05) is 13.4 Å². The third kappa shape index (κ3) is 2.71. The van der Waals surface area contributed by atoms with E-state index in [9.17, 15) is 13.2 Å². The van der Waals surface area contributed by atoms with E-state index in [1.165, 1.54) is 11.4 Å². The maximum Gasteiger partial charge on any atom is 0.324 e. The highest BCUT2D eigenvalue weighted by Gasteiger charge is 2.39. The van der Waals surface area contributed by atoms with Crippen LogP contribution in [0, 0.1) is 0 Å². The third-order valence-electron chi connectivity index (χ3n) is 3.44. The van der Waals surface area contributed by atoms with Gasteiger partial charge in [0.05, 0.1) is 37.6 Å². The molecule has 2 rings (SSSR count). The Kier molecular flexibility index (Phi) is 4.14.